The Morgan fingerprint density at radius 2 is 1.91 bits per heavy atom. The summed E-state index contributed by atoms with van der Waals surface area (Å²) in [6, 6.07) is 0. The van der Waals surface area contributed by atoms with Gasteiger partial charge in [0.1, 0.15) is 0 Å². The molecule has 2 aliphatic carbocycles. The lowest BCUT2D eigenvalue weighted by Crippen LogP contribution is -2.04. The fraction of sp³-hybridized carbons (Fsp3) is 0.667. The summed E-state index contributed by atoms with van der Waals surface area (Å²) in [4.78, 5) is 11.1. The van der Waals surface area contributed by atoms with Crippen molar-refractivity contribution in [2.24, 2.45) is 17.8 Å². The van der Waals surface area contributed by atoms with E-state index in [0.29, 0.717) is 11.8 Å². The van der Waals surface area contributed by atoms with Crippen molar-refractivity contribution in [2.75, 3.05) is 7.11 Å². The number of hydrogen-bond donors (Lipinski definition) is 0. The van der Waals surface area contributed by atoms with Gasteiger partial charge in [-0.15, -0.1) is 0 Å². The second kappa shape index (κ2) is 2.36. The van der Waals surface area contributed by atoms with Gasteiger partial charge in [0.2, 0.25) is 0 Å². The fourth-order valence-corrected chi connectivity index (χ4v) is 2.08. The number of rotatable bonds is 1. The quantitative estimate of drug-likeness (QED) is 0.419. The average Bonchev–Trinajstić information content (AvgIpc) is 2.77. The second-order valence-electron chi connectivity index (χ2n) is 3.32. The highest BCUT2D eigenvalue weighted by molar-refractivity contribution is 5.76. The largest absolute Gasteiger partial charge is 0.469 e. The lowest BCUT2D eigenvalue weighted by molar-refractivity contribution is -0.142. The number of allylic oxidation sites excluding steroid dienone is 2. The van der Waals surface area contributed by atoms with Gasteiger partial charge in [0, 0.05) is 0 Å². The number of hydrogen-bond acceptors (Lipinski definition) is 2. The lowest BCUT2D eigenvalue weighted by atomic mass is 10.1. The van der Waals surface area contributed by atoms with Crippen LogP contribution in [0.25, 0.3) is 0 Å². The maximum atomic E-state index is 11.1. The number of methoxy groups -OCH3 is 1. The van der Waals surface area contributed by atoms with Gasteiger partial charge in [0.25, 0.3) is 0 Å². The van der Waals surface area contributed by atoms with E-state index in [0.717, 1.165) is 12.8 Å². The van der Waals surface area contributed by atoms with Crippen LogP contribution in [0.5, 0.6) is 0 Å². The first-order chi connectivity index (χ1) is 5.34. The molecule has 0 heterocycles. The third-order valence-electron chi connectivity index (χ3n) is 2.79. The molecule has 60 valence electrons. The molecule has 0 amide bonds. The first-order valence-electron chi connectivity index (χ1n) is 4.07. The average molecular weight is 152 g/mol. The number of esters is 1. The van der Waals surface area contributed by atoms with Crippen LogP contribution in [-0.2, 0) is 9.53 Å². The van der Waals surface area contributed by atoms with Crippen molar-refractivity contribution in [3.8, 4) is 0 Å². The van der Waals surface area contributed by atoms with Crippen molar-refractivity contribution < 1.29 is 9.53 Å². The predicted octanol–water partition coefficient (Wildman–Crippen LogP) is 1.37. The van der Waals surface area contributed by atoms with Gasteiger partial charge >= 0.3 is 5.97 Å². The maximum Gasteiger partial charge on any atom is 0.309 e. The molecule has 0 radical (unpaired) electrons. The van der Waals surface area contributed by atoms with Gasteiger partial charge in [-0.2, -0.15) is 0 Å². The van der Waals surface area contributed by atoms with Crippen molar-refractivity contribution in [2.45, 2.75) is 12.8 Å². The smallest absolute Gasteiger partial charge is 0.309 e. The van der Waals surface area contributed by atoms with Crippen LogP contribution in [0, 0.1) is 17.8 Å². The highest BCUT2D eigenvalue weighted by Crippen LogP contribution is 2.53. The van der Waals surface area contributed by atoms with E-state index in [1.54, 1.807) is 0 Å². The topological polar surface area (TPSA) is 26.3 Å². The molecule has 2 nitrogen and oxygen atoms in total. The van der Waals surface area contributed by atoms with Gasteiger partial charge in [-0.25, -0.2) is 0 Å². The summed E-state index contributed by atoms with van der Waals surface area (Å²) < 4.78 is 4.70. The van der Waals surface area contributed by atoms with Gasteiger partial charge in [0.15, 0.2) is 0 Å². The Bertz CT molecular complexity index is 194. The molecule has 0 saturated heterocycles. The van der Waals surface area contributed by atoms with Crippen LogP contribution in [0.1, 0.15) is 12.8 Å². The highest BCUT2D eigenvalue weighted by atomic mass is 16.5. The van der Waals surface area contributed by atoms with Crippen LogP contribution in [0.4, 0.5) is 0 Å². The molecule has 0 N–H and O–H groups in total. The summed E-state index contributed by atoms with van der Waals surface area (Å²) in [5.74, 6) is 1.42. The highest BCUT2D eigenvalue weighted by Gasteiger charge is 2.54. The molecule has 2 heteroatoms. The van der Waals surface area contributed by atoms with Crippen LogP contribution in [0.2, 0.25) is 0 Å². The molecule has 0 bridgehead atoms. The Hall–Kier alpha value is -0.790. The first-order valence-corrected chi connectivity index (χ1v) is 4.07. The molecule has 1 fully saturated rings. The standard InChI is InChI=1S/C9H12O2/c1-11-9(10)8-6-4-2-3-5-7(6)8/h2-3,6-8H,4-5H2,1H3/t6-,7-/m1/s1. The van der Waals surface area contributed by atoms with E-state index in [2.05, 4.69) is 12.2 Å². The van der Waals surface area contributed by atoms with Crippen LogP contribution < -0.4 is 0 Å². The van der Waals surface area contributed by atoms with Crippen LogP contribution in [0.15, 0.2) is 12.2 Å². The third-order valence-corrected chi connectivity index (χ3v) is 2.79. The van der Waals surface area contributed by atoms with E-state index in [9.17, 15) is 4.79 Å². The van der Waals surface area contributed by atoms with E-state index in [1.807, 2.05) is 0 Å². The molecule has 1 saturated carbocycles. The normalized spacial score (nSPS) is 39.5. The first kappa shape index (κ1) is 6.89. The zero-order chi connectivity index (χ0) is 7.84. The monoisotopic (exact) mass is 152 g/mol. The number of carbonyl (C=O) groups excluding carboxylic acids is 1. The summed E-state index contributed by atoms with van der Waals surface area (Å²) in [6.45, 7) is 0. The minimum Gasteiger partial charge on any atom is -0.469 e. The second-order valence-corrected chi connectivity index (χ2v) is 3.32. The maximum absolute atomic E-state index is 11.1. The molecule has 0 aromatic heterocycles. The van der Waals surface area contributed by atoms with Gasteiger partial charge in [-0.05, 0) is 24.7 Å². The lowest BCUT2D eigenvalue weighted by Gasteiger charge is -1.96. The van der Waals surface area contributed by atoms with Crippen molar-refractivity contribution >= 4 is 5.97 Å². The fourth-order valence-electron chi connectivity index (χ4n) is 2.08. The van der Waals surface area contributed by atoms with Crippen molar-refractivity contribution in [3.05, 3.63) is 12.2 Å². The Kier molecular flexibility index (Phi) is 1.48. The Morgan fingerprint density at radius 1 is 1.36 bits per heavy atom. The zero-order valence-corrected chi connectivity index (χ0v) is 6.62. The van der Waals surface area contributed by atoms with E-state index >= 15 is 0 Å². The zero-order valence-electron chi connectivity index (χ0n) is 6.62. The van der Waals surface area contributed by atoms with Gasteiger partial charge in [-0.1, -0.05) is 12.2 Å². The molecule has 11 heavy (non-hydrogen) atoms. The molecule has 0 spiro atoms. The summed E-state index contributed by atoms with van der Waals surface area (Å²) in [5, 5.41) is 0. The SMILES string of the molecule is COC(=O)C1[C@@H]2CC=CC[C@@H]12. The van der Waals surface area contributed by atoms with Gasteiger partial charge in [0.05, 0.1) is 13.0 Å². The summed E-state index contributed by atoms with van der Waals surface area (Å²) in [5.41, 5.74) is 0. The van der Waals surface area contributed by atoms with Crippen molar-refractivity contribution in [3.63, 3.8) is 0 Å². The van der Waals surface area contributed by atoms with E-state index in [-0.39, 0.29) is 11.9 Å². The van der Waals surface area contributed by atoms with E-state index in [4.69, 9.17) is 4.74 Å². The number of carbonyl (C=O) groups is 1. The Labute approximate surface area is 66.2 Å². The van der Waals surface area contributed by atoms with Crippen molar-refractivity contribution in [1.82, 2.24) is 0 Å². The summed E-state index contributed by atoms with van der Waals surface area (Å²) in [6.07, 6.45) is 6.49. The summed E-state index contributed by atoms with van der Waals surface area (Å²) >= 11 is 0. The van der Waals surface area contributed by atoms with E-state index < -0.39 is 0 Å². The van der Waals surface area contributed by atoms with E-state index in [1.165, 1.54) is 7.11 Å². The number of fused-ring (bicyclic) bond motifs is 1. The molecule has 0 unspecified atom stereocenters. The van der Waals surface area contributed by atoms with Crippen LogP contribution >= 0.6 is 0 Å². The molecule has 2 rings (SSSR count). The molecular weight excluding hydrogens is 140 g/mol. The third kappa shape index (κ3) is 0.971. The van der Waals surface area contributed by atoms with Crippen LogP contribution in [-0.4, -0.2) is 13.1 Å². The molecular formula is C9H12O2. The predicted molar refractivity (Wildman–Crippen MR) is 40.9 cm³/mol. The molecule has 2 atom stereocenters. The summed E-state index contributed by atoms with van der Waals surface area (Å²) in [7, 11) is 1.47. The Morgan fingerprint density at radius 3 is 2.36 bits per heavy atom. The number of ether oxygens (including phenoxy) is 1. The van der Waals surface area contributed by atoms with Crippen LogP contribution in [0.3, 0.4) is 0 Å². The minimum absolute atomic E-state index is 0.0105. The van der Waals surface area contributed by atoms with Crippen molar-refractivity contribution in [1.29, 1.82) is 0 Å². The molecule has 0 aliphatic heterocycles. The molecule has 0 aromatic rings. The molecule has 0 aromatic carbocycles. The Balaban J connectivity index is 1.98. The van der Waals surface area contributed by atoms with Gasteiger partial charge in [-0.3, -0.25) is 4.79 Å². The van der Waals surface area contributed by atoms with Gasteiger partial charge < -0.3 is 4.74 Å². The molecule has 2 aliphatic rings. The minimum atomic E-state index is -0.0105.